The van der Waals surface area contributed by atoms with Crippen LogP contribution in [0.4, 0.5) is 0 Å². The van der Waals surface area contributed by atoms with Gasteiger partial charge in [-0.15, -0.1) is 0 Å². The van der Waals surface area contributed by atoms with Crippen LogP contribution in [0.25, 0.3) is 0 Å². The van der Waals surface area contributed by atoms with E-state index in [1.165, 1.54) is 11.1 Å². The second-order valence-corrected chi connectivity index (χ2v) is 5.14. The van der Waals surface area contributed by atoms with E-state index in [2.05, 4.69) is 31.3 Å². The Morgan fingerprint density at radius 2 is 2.28 bits per heavy atom. The zero-order valence-corrected chi connectivity index (χ0v) is 11.5. The second-order valence-electron chi connectivity index (χ2n) is 5.14. The van der Waals surface area contributed by atoms with Crippen molar-refractivity contribution >= 4 is 0 Å². The van der Waals surface area contributed by atoms with E-state index < -0.39 is 0 Å². The van der Waals surface area contributed by atoms with Crippen LogP contribution >= 0.6 is 0 Å². The highest BCUT2D eigenvalue weighted by Crippen LogP contribution is 2.21. The van der Waals surface area contributed by atoms with Crippen molar-refractivity contribution < 1.29 is 9.47 Å². The highest BCUT2D eigenvalue weighted by molar-refractivity contribution is 5.36. The van der Waals surface area contributed by atoms with Gasteiger partial charge in [-0.3, -0.25) is 0 Å². The third kappa shape index (κ3) is 3.24. The molecule has 1 fully saturated rings. The minimum absolute atomic E-state index is 0.545. The van der Waals surface area contributed by atoms with Gasteiger partial charge in [-0.05, 0) is 25.3 Å². The molecule has 1 aliphatic heterocycles. The minimum Gasteiger partial charge on any atom is -0.496 e. The molecule has 0 bridgehead atoms. The lowest BCUT2D eigenvalue weighted by Gasteiger charge is -2.30. The number of hydrogen-bond acceptors (Lipinski definition) is 3. The van der Waals surface area contributed by atoms with Crippen LogP contribution in [0.5, 0.6) is 5.75 Å². The standard InChI is InChI=1S/C15H23NO2/c1-11-4-5-15(17-3)13(8-11)9-16-14-6-7-18-10-12(14)2/h4-5,8,12,14,16H,6-7,9-10H2,1-3H3. The number of nitrogens with one attached hydrogen (secondary N) is 1. The molecule has 1 aromatic rings. The van der Waals surface area contributed by atoms with E-state index in [1.54, 1.807) is 7.11 Å². The lowest BCUT2D eigenvalue weighted by atomic mass is 9.97. The van der Waals surface area contributed by atoms with Gasteiger partial charge in [-0.2, -0.15) is 0 Å². The molecular formula is C15H23NO2. The smallest absolute Gasteiger partial charge is 0.123 e. The van der Waals surface area contributed by atoms with Crippen LogP contribution in [0.15, 0.2) is 18.2 Å². The maximum atomic E-state index is 5.46. The molecule has 100 valence electrons. The van der Waals surface area contributed by atoms with Crippen LogP contribution in [0.3, 0.4) is 0 Å². The van der Waals surface area contributed by atoms with E-state index >= 15 is 0 Å². The molecule has 2 rings (SSSR count). The molecule has 0 radical (unpaired) electrons. The number of aryl methyl sites for hydroxylation is 1. The summed E-state index contributed by atoms with van der Waals surface area (Å²) in [5, 5.41) is 3.63. The maximum absolute atomic E-state index is 5.46. The molecule has 18 heavy (non-hydrogen) atoms. The normalized spacial score (nSPS) is 23.9. The predicted octanol–water partition coefficient (Wildman–Crippen LogP) is 2.52. The Balaban J connectivity index is 1.98. The summed E-state index contributed by atoms with van der Waals surface area (Å²) >= 11 is 0. The van der Waals surface area contributed by atoms with Crippen molar-refractivity contribution in [1.29, 1.82) is 0 Å². The minimum atomic E-state index is 0.545. The van der Waals surface area contributed by atoms with Gasteiger partial charge in [0.15, 0.2) is 0 Å². The van der Waals surface area contributed by atoms with E-state index in [9.17, 15) is 0 Å². The Morgan fingerprint density at radius 3 is 3.00 bits per heavy atom. The van der Waals surface area contributed by atoms with Crippen LogP contribution < -0.4 is 10.1 Å². The Kier molecular flexibility index (Phi) is 4.61. The Morgan fingerprint density at radius 1 is 1.44 bits per heavy atom. The fourth-order valence-corrected chi connectivity index (χ4v) is 2.47. The van der Waals surface area contributed by atoms with Gasteiger partial charge in [0.25, 0.3) is 0 Å². The van der Waals surface area contributed by atoms with Gasteiger partial charge in [0, 0.05) is 24.8 Å². The number of hydrogen-bond donors (Lipinski definition) is 1. The van der Waals surface area contributed by atoms with Crippen molar-refractivity contribution in [1.82, 2.24) is 5.32 Å². The van der Waals surface area contributed by atoms with E-state index in [1.807, 2.05) is 6.07 Å². The molecule has 0 aliphatic carbocycles. The molecule has 0 amide bonds. The summed E-state index contributed by atoms with van der Waals surface area (Å²) in [5.74, 6) is 1.54. The first-order valence-corrected chi connectivity index (χ1v) is 6.65. The predicted molar refractivity (Wildman–Crippen MR) is 73.0 cm³/mol. The van der Waals surface area contributed by atoms with E-state index in [-0.39, 0.29) is 0 Å². The molecule has 3 nitrogen and oxygen atoms in total. The van der Waals surface area contributed by atoms with Crippen LogP contribution in [0.1, 0.15) is 24.5 Å². The molecular weight excluding hydrogens is 226 g/mol. The van der Waals surface area contributed by atoms with Gasteiger partial charge in [-0.25, -0.2) is 0 Å². The van der Waals surface area contributed by atoms with E-state index in [0.717, 1.165) is 31.9 Å². The molecule has 2 unspecified atom stereocenters. The van der Waals surface area contributed by atoms with Crippen LogP contribution in [-0.4, -0.2) is 26.4 Å². The summed E-state index contributed by atoms with van der Waals surface area (Å²) in [6.07, 6.45) is 1.09. The Bertz CT molecular complexity index is 392. The van der Waals surface area contributed by atoms with Crippen molar-refractivity contribution in [3.63, 3.8) is 0 Å². The number of methoxy groups -OCH3 is 1. The average Bonchev–Trinajstić information content (AvgIpc) is 2.38. The fourth-order valence-electron chi connectivity index (χ4n) is 2.47. The Labute approximate surface area is 109 Å². The van der Waals surface area contributed by atoms with Gasteiger partial charge in [0.2, 0.25) is 0 Å². The number of rotatable bonds is 4. The van der Waals surface area contributed by atoms with Gasteiger partial charge in [-0.1, -0.05) is 24.6 Å². The molecule has 1 aromatic carbocycles. The summed E-state index contributed by atoms with van der Waals surface area (Å²) in [7, 11) is 1.73. The highest BCUT2D eigenvalue weighted by atomic mass is 16.5. The van der Waals surface area contributed by atoms with Gasteiger partial charge < -0.3 is 14.8 Å². The van der Waals surface area contributed by atoms with Crippen LogP contribution in [0.2, 0.25) is 0 Å². The van der Waals surface area contributed by atoms with Crippen molar-refractivity contribution in [2.24, 2.45) is 5.92 Å². The van der Waals surface area contributed by atoms with Gasteiger partial charge >= 0.3 is 0 Å². The molecule has 2 atom stereocenters. The monoisotopic (exact) mass is 249 g/mol. The lowest BCUT2D eigenvalue weighted by Crippen LogP contribution is -2.41. The molecule has 1 N–H and O–H groups in total. The van der Waals surface area contributed by atoms with E-state index in [0.29, 0.717) is 12.0 Å². The van der Waals surface area contributed by atoms with Crippen LogP contribution in [-0.2, 0) is 11.3 Å². The fraction of sp³-hybridized carbons (Fsp3) is 0.600. The molecule has 1 saturated heterocycles. The first-order valence-electron chi connectivity index (χ1n) is 6.65. The second kappa shape index (κ2) is 6.21. The largest absolute Gasteiger partial charge is 0.496 e. The van der Waals surface area contributed by atoms with Crippen molar-refractivity contribution in [2.75, 3.05) is 20.3 Å². The molecule has 0 aromatic heterocycles. The zero-order chi connectivity index (χ0) is 13.0. The molecule has 1 heterocycles. The van der Waals surface area contributed by atoms with Crippen molar-refractivity contribution in [2.45, 2.75) is 32.9 Å². The summed E-state index contributed by atoms with van der Waals surface area (Å²) in [6, 6.07) is 6.86. The number of ether oxygens (including phenoxy) is 2. The molecule has 1 aliphatic rings. The number of benzene rings is 1. The van der Waals surface area contributed by atoms with Gasteiger partial charge in [0.05, 0.1) is 13.7 Å². The first kappa shape index (κ1) is 13.4. The van der Waals surface area contributed by atoms with E-state index in [4.69, 9.17) is 9.47 Å². The quantitative estimate of drug-likeness (QED) is 0.889. The third-order valence-corrected chi connectivity index (χ3v) is 3.63. The van der Waals surface area contributed by atoms with Crippen LogP contribution in [0, 0.1) is 12.8 Å². The maximum Gasteiger partial charge on any atom is 0.123 e. The summed E-state index contributed by atoms with van der Waals surface area (Å²) in [5.41, 5.74) is 2.50. The van der Waals surface area contributed by atoms with Crippen molar-refractivity contribution in [3.05, 3.63) is 29.3 Å². The molecule has 0 spiro atoms. The highest BCUT2D eigenvalue weighted by Gasteiger charge is 2.21. The summed E-state index contributed by atoms with van der Waals surface area (Å²) in [6.45, 7) is 6.94. The average molecular weight is 249 g/mol. The van der Waals surface area contributed by atoms with Gasteiger partial charge in [0.1, 0.15) is 5.75 Å². The molecule has 0 saturated carbocycles. The SMILES string of the molecule is COc1ccc(C)cc1CNC1CCOCC1C. The lowest BCUT2D eigenvalue weighted by molar-refractivity contribution is 0.0386. The third-order valence-electron chi connectivity index (χ3n) is 3.63. The molecule has 3 heteroatoms. The first-order chi connectivity index (χ1) is 8.70. The zero-order valence-electron chi connectivity index (χ0n) is 11.5. The van der Waals surface area contributed by atoms with Crippen molar-refractivity contribution in [3.8, 4) is 5.75 Å². The Hall–Kier alpha value is -1.06. The summed E-state index contributed by atoms with van der Waals surface area (Å²) < 4.78 is 10.9. The summed E-state index contributed by atoms with van der Waals surface area (Å²) in [4.78, 5) is 0. The topological polar surface area (TPSA) is 30.5 Å².